The molecule has 7 heteroatoms. The van der Waals surface area contributed by atoms with Gasteiger partial charge in [-0.25, -0.2) is 13.1 Å². The maximum absolute atomic E-state index is 11.6. The molecule has 1 rings (SSSR count). The van der Waals surface area contributed by atoms with Gasteiger partial charge in [0.2, 0.25) is 5.88 Å². The summed E-state index contributed by atoms with van der Waals surface area (Å²) in [5.74, 6) is 0.829. The number of aryl methyl sites for hydroxylation is 1. The number of hydrogen-bond donors (Lipinski definition) is 1. The van der Waals surface area contributed by atoms with Gasteiger partial charge >= 0.3 is 0 Å². The van der Waals surface area contributed by atoms with Gasteiger partial charge in [0.1, 0.15) is 0 Å². The molecule has 0 saturated carbocycles. The predicted octanol–water partition coefficient (Wildman–Crippen LogP) is 0.342. The molecule has 0 atom stereocenters. The average molecular weight is 275 g/mol. The van der Waals surface area contributed by atoms with E-state index in [0.717, 1.165) is 5.69 Å². The number of methoxy groups -OCH3 is 1. The Labute approximate surface area is 108 Å². The Bertz CT molecular complexity index is 480. The van der Waals surface area contributed by atoms with Crippen molar-refractivity contribution in [2.45, 2.75) is 25.6 Å². The molecule has 18 heavy (non-hydrogen) atoms. The van der Waals surface area contributed by atoms with Crippen molar-refractivity contribution in [3.63, 3.8) is 0 Å². The molecule has 0 aliphatic rings. The average Bonchev–Trinajstić information content (AvgIpc) is 2.65. The van der Waals surface area contributed by atoms with Gasteiger partial charge in [-0.15, -0.1) is 0 Å². The van der Waals surface area contributed by atoms with Crippen molar-refractivity contribution in [1.29, 1.82) is 0 Å². The summed E-state index contributed by atoms with van der Waals surface area (Å²) < 4.78 is 29.9. The fourth-order valence-corrected chi connectivity index (χ4v) is 2.35. The van der Waals surface area contributed by atoms with Crippen molar-refractivity contribution in [2.24, 2.45) is 7.05 Å². The lowest BCUT2D eigenvalue weighted by atomic mass is 10.4. The summed E-state index contributed by atoms with van der Waals surface area (Å²) in [6.45, 7) is 4.35. The molecule has 1 aromatic rings. The van der Waals surface area contributed by atoms with E-state index >= 15 is 0 Å². The van der Waals surface area contributed by atoms with Crippen molar-refractivity contribution in [2.75, 3.05) is 19.4 Å². The van der Waals surface area contributed by atoms with Gasteiger partial charge in [0.15, 0.2) is 9.84 Å². The maximum atomic E-state index is 11.6. The van der Waals surface area contributed by atoms with Gasteiger partial charge in [-0.3, -0.25) is 0 Å². The lowest BCUT2D eigenvalue weighted by Crippen LogP contribution is -2.27. The zero-order valence-electron chi connectivity index (χ0n) is 11.3. The molecule has 0 spiro atoms. The Hall–Kier alpha value is -1.08. The molecule has 0 fully saturated rings. The number of aromatic nitrogens is 2. The quantitative estimate of drug-likeness (QED) is 0.727. The third-order valence-corrected chi connectivity index (χ3v) is 4.89. The Morgan fingerprint density at radius 2 is 2.17 bits per heavy atom. The number of rotatable bonds is 7. The van der Waals surface area contributed by atoms with E-state index in [0.29, 0.717) is 19.0 Å². The van der Waals surface area contributed by atoms with Crippen LogP contribution < -0.4 is 10.1 Å². The molecule has 1 N–H and O–H groups in total. The normalized spacial score (nSPS) is 12.1. The SMILES string of the molecule is COc1cc(CNCCS(=O)(=O)C(C)C)nn1C. The topological polar surface area (TPSA) is 73.2 Å². The van der Waals surface area contributed by atoms with E-state index in [-0.39, 0.29) is 11.0 Å². The third-order valence-electron chi connectivity index (χ3n) is 2.68. The first-order valence-electron chi connectivity index (χ1n) is 5.86. The van der Waals surface area contributed by atoms with E-state index in [4.69, 9.17) is 4.74 Å². The summed E-state index contributed by atoms with van der Waals surface area (Å²) >= 11 is 0. The van der Waals surface area contributed by atoms with Crippen molar-refractivity contribution < 1.29 is 13.2 Å². The summed E-state index contributed by atoms with van der Waals surface area (Å²) in [4.78, 5) is 0. The Morgan fingerprint density at radius 1 is 1.50 bits per heavy atom. The molecular weight excluding hydrogens is 254 g/mol. The van der Waals surface area contributed by atoms with Crippen LogP contribution in [0.25, 0.3) is 0 Å². The zero-order valence-corrected chi connectivity index (χ0v) is 12.1. The van der Waals surface area contributed by atoms with Crippen molar-refractivity contribution in [1.82, 2.24) is 15.1 Å². The highest BCUT2D eigenvalue weighted by Crippen LogP contribution is 2.10. The summed E-state index contributed by atoms with van der Waals surface area (Å²) in [6.07, 6.45) is 0. The molecule has 0 aliphatic carbocycles. The van der Waals surface area contributed by atoms with Crippen LogP contribution in [-0.2, 0) is 23.4 Å². The Kier molecular flexibility index (Phi) is 5.15. The van der Waals surface area contributed by atoms with Gasteiger partial charge in [0, 0.05) is 26.2 Å². The summed E-state index contributed by atoms with van der Waals surface area (Å²) in [7, 11) is 0.411. The van der Waals surface area contributed by atoms with Crippen LogP contribution in [0.4, 0.5) is 0 Å². The minimum Gasteiger partial charge on any atom is -0.481 e. The summed E-state index contributed by atoms with van der Waals surface area (Å²) in [5, 5.41) is 6.97. The number of ether oxygens (including phenoxy) is 1. The van der Waals surface area contributed by atoms with Gasteiger partial charge in [-0.1, -0.05) is 0 Å². The van der Waals surface area contributed by atoms with Crippen molar-refractivity contribution in [3.8, 4) is 5.88 Å². The van der Waals surface area contributed by atoms with Gasteiger partial charge in [0.05, 0.1) is 23.8 Å². The van der Waals surface area contributed by atoms with Crippen molar-refractivity contribution >= 4 is 9.84 Å². The smallest absolute Gasteiger partial charge is 0.211 e. The van der Waals surface area contributed by atoms with Gasteiger partial charge in [0.25, 0.3) is 0 Å². The summed E-state index contributed by atoms with van der Waals surface area (Å²) in [6, 6.07) is 1.82. The van der Waals surface area contributed by atoms with E-state index in [2.05, 4.69) is 10.4 Å². The Morgan fingerprint density at radius 3 is 2.67 bits per heavy atom. The molecule has 0 aromatic carbocycles. The predicted molar refractivity (Wildman–Crippen MR) is 70.4 cm³/mol. The van der Waals surface area contributed by atoms with Crippen LogP contribution in [0.1, 0.15) is 19.5 Å². The second-order valence-electron chi connectivity index (χ2n) is 4.39. The van der Waals surface area contributed by atoms with E-state index in [1.807, 2.05) is 6.07 Å². The second kappa shape index (κ2) is 6.19. The van der Waals surface area contributed by atoms with Crippen LogP contribution in [-0.4, -0.2) is 42.9 Å². The molecule has 0 saturated heterocycles. The highest BCUT2D eigenvalue weighted by Gasteiger charge is 2.15. The van der Waals surface area contributed by atoms with Crippen LogP contribution in [0.2, 0.25) is 0 Å². The lowest BCUT2D eigenvalue weighted by molar-refractivity contribution is 0.373. The van der Waals surface area contributed by atoms with Crippen LogP contribution in [0, 0.1) is 0 Å². The first-order valence-corrected chi connectivity index (χ1v) is 7.57. The van der Waals surface area contributed by atoms with E-state index in [9.17, 15) is 8.42 Å². The molecule has 0 radical (unpaired) electrons. The lowest BCUT2D eigenvalue weighted by Gasteiger charge is -2.07. The van der Waals surface area contributed by atoms with Crippen LogP contribution in [0.5, 0.6) is 5.88 Å². The monoisotopic (exact) mass is 275 g/mol. The standard InChI is InChI=1S/C11H21N3O3S/c1-9(2)18(15,16)6-5-12-8-10-7-11(17-4)14(3)13-10/h7,9,12H,5-6,8H2,1-4H3. The second-order valence-corrected chi connectivity index (χ2v) is 7.07. The summed E-state index contributed by atoms with van der Waals surface area (Å²) in [5.41, 5.74) is 0.830. The van der Waals surface area contributed by atoms with E-state index < -0.39 is 9.84 Å². The maximum Gasteiger partial charge on any atom is 0.211 e. The number of sulfone groups is 1. The largest absolute Gasteiger partial charge is 0.481 e. The minimum atomic E-state index is -2.97. The Balaban J connectivity index is 2.38. The van der Waals surface area contributed by atoms with Crippen molar-refractivity contribution in [3.05, 3.63) is 11.8 Å². The van der Waals surface area contributed by atoms with E-state index in [1.54, 1.807) is 32.7 Å². The molecule has 0 bridgehead atoms. The molecule has 0 aliphatic heterocycles. The van der Waals surface area contributed by atoms with Gasteiger partial charge in [-0.2, -0.15) is 5.10 Å². The van der Waals surface area contributed by atoms with Gasteiger partial charge < -0.3 is 10.1 Å². The molecule has 1 aromatic heterocycles. The fourth-order valence-electron chi connectivity index (χ4n) is 1.45. The molecule has 0 unspecified atom stereocenters. The first kappa shape index (κ1) is 15.0. The van der Waals surface area contributed by atoms with Gasteiger partial charge in [-0.05, 0) is 13.8 Å². The zero-order chi connectivity index (χ0) is 13.8. The molecular formula is C11H21N3O3S. The molecule has 0 amide bonds. The van der Waals surface area contributed by atoms with E-state index in [1.165, 1.54) is 0 Å². The highest BCUT2D eigenvalue weighted by atomic mass is 32.2. The molecule has 1 heterocycles. The van der Waals surface area contributed by atoms with Crippen LogP contribution in [0.3, 0.4) is 0 Å². The minimum absolute atomic E-state index is 0.147. The number of hydrogen-bond acceptors (Lipinski definition) is 5. The van der Waals surface area contributed by atoms with Crippen LogP contribution >= 0.6 is 0 Å². The first-order chi connectivity index (χ1) is 8.36. The molecule has 6 nitrogen and oxygen atoms in total. The number of nitrogens with zero attached hydrogens (tertiary/aromatic N) is 2. The third kappa shape index (κ3) is 3.99. The molecule has 104 valence electrons. The fraction of sp³-hybridized carbons (Fsp3) is 0.727. The van der Waals surface area contributed by atoms with Crippen LogP contribution in [0.15, 0.2) is 6.07 Å². The number of nitrogens with one attached hydrogen (secondary N) is 1. The highest BCUT2D eigenvalue weighted by molar-refractivity contribution is 7.92.